The van der Waals surface area contributed by atoms with Crippen LogP contribution in [0.25, 0.3) is 11.0 Å². The highest BCUT2D eigenvalue weighted by Crippen LogP contribution is 2.28. The number of aryl methyl sites for hydroxylation is 2. The number of aromatic nitrogens is 1. The smallest absolute Gasteiger partial charge is 0.170 e. The Balaban J connectivity index is 0.00000107. The molecule has 2 aromatic carbocycles. The summed E-state index contributed by atoms with van der Waals surface area (Å²) in [4.78, 5) is 2.47. The maximum absolute atomic E-state index is 8.94. The highest BCUT2D eigenvalue weighted by molar-refractivity contribution is 5.83. The second-order valence-electron chi connectivity index (χ2n) is 10.2. The van der Waals surface area contributed by atoms with Crippen LogP contribution in [0.15, 0.2) is 40.9 Å². The van der Waals surface area contributed by atoms with Crippen LogP contribution in [0.5, 0.6) is 0 Å². The molecule has 8 heteroatoms. The van der Waals surface area contributed by atoms with Gasteiger partial charge in [0.1, 0.15) is 0 Å². The zero-order valence-electron chi connectivity index (χ0n) is 23.0. The lowest BCUT2D eigenvalue weighted by atomic mass is 9.91. The summed E-state index contributed by atoms with van der Waals surface area (Å²) < 4.78 is 17.0. The van der Waals surface area contributed by atoms with Crippen molar-refractivity contribution in [3.63, 3.8) is 0 Å². The molecule has 5 rings (SSSR count). The van der Waals surface area contributed by atoms with Gasteiger partial charge in [-0.05, 0) is 101 Å². The van der Waals surface area contributed by atoms with E-state index in [1.165, 1.54) is 18.4 Å². The van der Waals surface area contributed by atoms with Crippen molar-refractivity contribution in [1.82, 2.24) is 20.7 Å². The van der Waals surface area contributed by atoms with Crippen LogP contribution in [-0.4, -0.2) is 63.3 Å². The number of hydrogen-bond donors (Lipinski definition) is 2. The Morgan fingerprint density at radius 1 is 1.03 bits per heavy atom. The van der Waals surface area contributed by atoms with E-state index in [-0.39, 0.29) is 6.29 Å². The first-order chi connectivity index (χ1) is 18.6. The van der Waals surface area contributed by atoms with Crippen LogP contribution in [0, 0.1) is 24.2 Å². The third kappa shape index (κ3) is 7.62. The summed E-state index contributed by atoms with van der Waals surface area (Å²) in [5.74, 6) is 0.732. The number of benzene rings is 2. The number of ether oxygens (including phenoxy) is 2. The third-order valence-corrected chi connectivity index (χ3v) is 7.40. The minimum absolute atomic E-state index is 0.0349. The predicted molar refractivity (Wildman–Crippen MR) is 149 cm³/mol. The van der Waals surface area contributed by atoms with Crippen molar-refractivity contribution >= 4 is 11.0 Å². The summed E-state index contributed by atoms with van der Waals surface area (Å²) in [5, 5.41) is 20.8. The fraction of sp³-hybridized carbons (Fsp3) is 0.533. The van der Waals surface area contributed by atoms with Gasteiger partial charge >= 0.3 is 0 Å². The lowest BCUT2D eigenvalue weighted by Gasteiger charge is -2.32. The molecule has 0 unspecified atom stereocenters. The van der Waals surface area contributed by atoms with E-state index in [1.807, 2.05) is 38.4 Å². The van der Waals surface area contributed by atoms with Gasteiger partial charge in [0, 0.05) is 25.0 Å². The number of nitriles is 1. The van der Waals surface area contributed by atoms with E-state index in [0.717, 1.165) is 92.5 Å². The number of fused-ring (bicyclic) bond motifs is 1. The molecule has 204 valence electrons. The lowest BCUT2D eigenvalue weighted by molar-refractivity contribution is -0.0661. The molecule has 0 saturated carbocycles. The lowest BCUT2D eigenvalue weighted by Crippen LogP contribution is -2.39. The molecule has 0 aliphatic carbocycles. The molecule has 0 radical (unpaired) electrons. The average molecular weight is 520 g/mol. The molecule has 0 spiro atoms. The van der Waals surface area contributed by atoms with Gasteiger partial charge in [-0.2, -0.15) is 5.26 Å². The van der Waals surface area contributed by atoms with Gasteiger partial charge in [-0.1, -0.05) is 23.4 Å². The van der Waals surface area contributed by atoms with Crippen molar-refractivity contribution < 1.29 is 14.0 Å². The summed E-state index contributed by atoms with van der Waals surface area (Å²) in [7, 11) is 3.75. The van der Waals surface area contributed by atoms with E-state index in [1.54, 1.807) is 0 Å². The first-order valence-corrected chi connectivity index (χ1v) is 13.7. The van der Waals surface area contributed by atoms with Gasteiger partial charge in [0.15, 0.2) is 11.9 Å². The number of rotatable bonds is 9. The van der Waals surface area contributed by atoms with Crippen LogP contribution in [-0.2, 0) is 29.0 Å². The number of likely N-dealkylation sites (tertiary alicyclic amines) is 1. The van der Waals surface area contributed by atoms with Gasteiger partial charge in [-0.15, -0.1) is 0 Å². The van der Waals surface area contributed by atoms with Crippen LogP contribution in [0.3, 0.4) is 0 Å². The molecule has 0 atom stereocenters. The van der Waals surface area contributed by atoms with Crippen molar-refractivity contribution in [3.05, 3.63) is 64.3 Å². The largest absolute Gasteiger partial charge is 0.356 e. The molecule has 3 aromatic rings. The van der Waals surface area contributed by atoms with Gasteiger partial charge in [-0.3, -0.25) is 4.90 Å². The van der Waals surface area contributed by atoms with Crippen LogP contribution in [0.2, 0.25) is 0 Å². The number of piperidine rings is 1. The van der Waals surface area contributed by atoms with Crippen LogP contribution >= 0.6 is 0 Å². The van der Waals surface area contributed by atoms with Crippen molar-refractivity contribution in [2.24, 2.45) is 5.92 Å². The summed E-state index contributed by atoms with van der Waals surface area (Å²) in [6.45, 7) is 8.20. The fourth-order valence-corrected chi connectivity index (χ4v) is 5.16. The number of hydrogen-bond acceptors (Lipinski definition) is 8. The molecular formula is C30H41N5O3. The van der Waals surface area contributed by atoms with Crippen molar-refractivity contribution in [3.8, 4) is 6.07 Å². The molecule has 2 N–H and O–H groups in total. The highest BCUT2D eigenvalue weighted by atomic mass is 16.7. The molecule has 2 saturated heterocycles. The Labute approximate surface area is 226 Å². The molecule has 0 bridgehead atoms. The Bertz CT molecular complexity index is 1170. The Morgan fingerprint density at radius 3 is 2.42 bits per heavy atom. The normalized spacial score (nSPS) is 16.9. The molecule has 8 nitrogen and oxygen atoms in total. The Morgan fingerprint density at radius 2 is 1.74 bits per heavy atom. The summed E-state index contributed by atoms with van der Waals surface area (Å²) in [5.41, 5.74) is 6.20. The molecule has 38 heavy (non-hydrogen) atoms. The van der Waals surface area contributed by atoms with Gasteiger partial charge < -0.3 is 24.6 Å². The van der Waals surface area contributed by atoms with Crippen molar-refractivity contribution in [1.29, 1.82) is 5.26 Å². The molecule has 2 aliphatic heterocycles. The first kappa shape index (κ1) is 28.2. The Kier molecular flexibility index (Phi) is 10.7. The summed E-state index contributed by atoms with van der Waals surface area (Å²) in [6.07, 6.45) is 4.52. The van der Waals surface area contributed by atoms with Crippen LogP contribution < -0.4 is 10.6 Å². The van der Waals surface area contributed by atoms with Gasteiger partial charge in [0.05, 0.1) is 30.5 Å². The quantitative estimate of drug-likeness (QED) is 0.435. The number of nitrogens with zero attached hydrogens (tertiary/aromatic N) is 3. The number of nitrogens with one attached hydrogen (secondary N) is 2. The minimum atomic E-state index is -0.0349. The third-order valence-electron chi connectivity index (χ3n) is 7.40. The maximum atomic E-state index is 8.94. The van der Waals surface area contributed by atoms with E-state index >= 15 is 0 Å². The topological polar surface area (TPSA) is 95.6 Å². The van der Waals surface area contributed by atoms with E-state index in [9.17, 15) is 0 Å². The maximum Gasteiger partial charge on any atom is 0.170 e. The van der Waals surface area contributed by atoms with E-state index < -0.39 is 0 Å². The second kappa shape index (κ2) is 14.4. The van der Waals surface area contributed by atoms with E-state index in [0.29, 0.717) is 5.56 Å². The average Bonchev–Trinajstić information content (AvgIpc) is 3.61. The van der Waals surface area contributed by atoms with Crippen LogP contribution in [0.4, 0.5) is 0 Å². The monoisotopic (exact) mass is 519 g/mol. The zero-order chi connectivity index (χ0) is 26.7. The zero-order valence-corrected chi connectivity index (χ0v) is 23.0. The molecule has 1 aromatic heterocycles. The molecule has 2 aliphatic rings. The van der Waals surface area contributed by atoms with E-state index in [4.69, 9.17) is 19.3 Å². The van der Waals surface area contributed by atoms with Crippen molar-refractivity contribution in [2.75, 3.05) is 46.9 Å². The van der Waals surface area contributed by atoms with Gasteiger partial charge in [-0.25, -0.2) is 0 Å². The van der Waals surface area contributed by atoms with Crippen molar-refractivity contribution in [2.45, 2.75) is 52.0 Å². The van der Waals surface area contributed by atoms with E-state index in [2.05, 4.69) is 45.8 Å². The molecule has 0 amide bonds. The second-order valence-corrected chi connectivity index (χ2v) is 10.2. The first-order valence-electron chi connectivity index (χ1n) is 13.7. The minimum Gasteiger partial charge on any atom is -0.356 e. The Hall–Kier alpha value is -2.80. The van der Waals surface area contributed by atoms with Gasteiger partial charge in [0.25, 0.3) is 0 Å². The standard InChI is InChI=1S/C28H34N4O3.C2H7N/c1-20-24(18-30-17-23-4-2-22(16-29)3-5-23)7-8-25-26(31-35-28(20)25)9-6-21-10-12-32(13-11-21)19-27-33-14-15-34-27;1-3-2/h2-5,7-8,21,27,30H,6,9-15,17-19H2,1H3;3H,1-2H3. The summed E-state index contributed by atoms with van der Waals surface area (Å²) in [6, 6.07) is 14.2. The molecule has 2 fully saturated rings. The van der Waals surface area contributed by atoms with Gasteiger partial charge in [0.2, 0.25) is 0 Å². The SMILES string of the molecule is CNC.Cc1c(CNCc2ccc(C#N)cc2)ccc2c(CCC3CCN(CC4OCCO4)CC3)noc12. The highest BCUT2D eigenvalue weighted by Gasteiger charge is 2.25. The molecule has 3 heterocycles. The summed E-state index contributed by atoms with van der Waals surface area (Å²) >= 11 is 0. The van der Waals surface area contributed by atoms with Crippen LogP contribution in [0.1, 0.15) is 47.2 Å². The fourth-order valence-electron chi connectivity index (χ4n) is 5.16. The predicted octanol–water partition coefficient (Wildman–Crippen LogP) is 4.15. The molecular weight excluding hydrogens is 478 g/mol.